The Balaban J connectivity index is 1.86. The molecule has 126 valence electrons. The molecule has 7 amide bonds. The number of hydrogen-bond acceptors (Lipinski definition) is 6. The highest BCUT2D eigenvalue weighted by Gasteiger charge is 2.44. The lowest BCUT2D eigenvalue weighted by molar-refractivity contribution is -0.143. The van der Waals surface area contributed by atoms with Gasteiger partial charge in [0.25, 0.3) is 0 Å². The summed E-state index contributed by atoms with van der Waals surface area (Å²) in [6, 6.07) is 1.50. The van der Waals surface area contributed by atoms with E-state index in [2.05, 4.69) is 11.9 Å². The zero-order valence-corrected chi connectivity index (χ0v) is 12.5. The molecular formula is C14H14N4O6. The summed E-state index contributed by atoms with van der Waals surface area (Å²) in [5.74, 6) is -2.61. The topological polar surface area (TPSA) is 129 Å². The van der Waals surface area contributed by atoms with Crippen molar-refractivity contribution in [2.24, 2.45) is 0 Å². The van der Waals surface area contributed by atoms with Gasteiger partial charge in [0.1, 0.15) is 12.3 Å². The average molecular weight is 334 g/mol. The van der Waals surface area contributed by atoms with Gasteiger partial charge >= 0.3 is 23.9 Å². The SMILES string of the molecule is C=CCN1C(=O)C(=O)N(CC(=O)NC(=O)NCc2ccco2)C1=O. The second kappa shape index (κ2) is 7.22. The van der Waals surface area contributed by atoms with Crippen LogP contribution in [0.25, 0.3) is 0 Å². The van der Waals surface area contributed by atoms with E-state index in [1.807, 2.05) is 5.32 Å². The third-order valence-corrected chi connectivity index (χ3v) is 3.00. The molecule has 1 saturated heterocycles. The lowest BCUT2D eigenvalue weighted by atomic mass is 10.4. The molecule has 0 saturated carbocycles. The summed E-state index contributed by atoms with van der Waals surface area (Å²) in [6.07, 6.45) is 2.70. The molecule has 0 spiro atoms. The summed E-state index contributed by atoms with van der Waals surface area (Å²) in [7, 11) is 0. The highest BCUT2D eigenvalue weighted by atomic mass is 16.3. The minimum absolute atomic E-state index is 0.0548. The van der Waals surface area contributed by atoms with Crippen molar-refractivity contribution in [2.75, 3.05) is 13.1 Å². The van der Waals surface area contributed by atoms with Gasteiger partial charge in [0.15, 0.2) is 0 Å². The van der Waals surface area contributed by atoms with Crippen molar-refractivity contribution >= 4 is 29.8 Å². The number of urea groups is 2. The van der Waals surface area contributed by atoms with Crippen LogP contribution in [0, 0.1) is 0 Å². The maximum Gasteiger partial charge on any atom is 0.335 e. The van der Waals surface area contributed by atoms with Crippen molar-refractivity contribution in [1.29, 1.82) is 0 Å². The maximum atomic E-state index is 11.9. The van der Waals surface area contributed by atoms with Crippen molar-refractivity contribution in [1.82, 2.24) is 20.4 Å². The van der Waals surface area contributed by atoms with E-state index in [1.54, 1.807) is 12.1 Å². The predicted molar refractivity (Wildman–Crippen MR) is 78.1 cm³/mol. The number of rotatable bonds is 6. The fourth-order valence-corrected chi connectivity index (χ4v) is 1.91. The lowest BCUT2D eigenvalue weighted by Gasteiger charge is -2.13. The minimum atomic E-state index is -1.13. The summed E-state index contributed by atoms with van der Waals surface area (Å²) in [6.45, 7) is 2.53. The van der Waals surface area contributed by atoms with Gasteiger partial charge in [-0.25, -0.2) is 14.5 Å². The Hall–Kier alpha value is -3.43. The summed E-state index contributed by atoms with van der Waals surface area (Å²) in [5, 5.41) is 4.30. The van der Waals surface area contributed by atoms with E-state index in [0.29, 0.717) is 15.6 Å². The fraction of sp³-hybridized carbons (Fsp3) is 0.214. The normalized spacial score (nSPS) is 14.1. The first-order valence-electron chi connectivity index (χ1n) is 6.82. The van der Waals surface area contributed by atoms with Gasteiger partial charge in [-0.1, -0.05) is 6.08 Å². The van der Waals surface area contributed by atoms with Crippen molar-refractivity contribution in [3.8, 4) is 0 Å². The van der Waals surface area contributed by atoms with E-state index < -0.39 is 36.3 Å². The molecule has 1 aromatic rings. The van der Waals surface area contributed by atoms with Gasteiger partial charge in [0.05, 0.1) is 12.8 Å². The van der Waals surface area contributed by atoms with Crippen LogP contribution in [0.1, 0.15) is 5.76 Å². The number of amides is 7. The lowest BCUT2D eigenvalue weighted by Crippen LogP contribution is -2.46. The van der Waals surface area contributed by atoms with Gasteiger partial charge in [-0.05, 0) is 12.1 Å². The Kier molecular flexibility index (Phi) is 5.09. The molecule has 10 heteroatoms. The minimum Gasteiger partial charge on any atom is -0.467 e. The summed E-state index contributed by atoms with van der Waals surface area (Å²) in [5.41, 5.74) is 0. The first-order chi connectivity index (χ1) is 11.4. The molecule has 2 N–H and O–H groups in total. The van der Waals surface area contributed by atoms with Gasteiger partial charge in [0, 0.05) is 6.54 Å². The van der Waals surface area contributed by atoms with Crippen LogP contribution >= 0.6 is 0 Å². The number of hydrogen-bond donors (Lipinski definition) is 2. The zero-order valence-electron chi connectivity index (χ0n) is 12.5. The van der Waals surface area contributed by atoms with Crippen LogP contribution in [0.3, 0.4) is 0 Å². The van der Waals surface area contributed by atoms with E-state index >= 15 is 0 Å². The molecule has 0 bridgehead atoms. The summed E-state index contributed by atoms with van der Waals surface area (Å²) >= 11 is 0. The molecule has 1 aromatic heterocycles. The Bertz CT molecular complexity index is 696. The molecule has 0 aliphatic carbocycles. The second-order valence-corrected chi connectivity index (χ2v) is 4.69. The number of carbonyl (C=O) groups excluding carboxylic acids is 5. The van der Waals surface area contributed by atoms with Crippen molar-refractivity contribution in [2.45, 2.75) is 6.54 Å². The van der Waals surface area contributed by atoms with E-state index in [9.17, 15) is 24.0 Å². The van der Waals surface area contributed by atoms with E-state index in [-0.39, 0.29) is 13.1 Å². The predicted octanol–water partition coefficient (Wildman–Crippen LogP) is -0.418. The Morgan fingerprint density at radius 2 is 1.92 bits per heavy atom. The molecule has 2 rings (SSSR count). The number of nitrogens with zero attached hydrogens (tertiary/aromatic N) is 2. The van der Waals surface area contributed by atoms with Crippen LogP contribution < -0.4 is 10.6 Å². The van der Waals surface area contributed by atoms with E-state index in [4.69, 9.17) is 4.42 Å². The Labute approximate surface area is 136 Å². The zero-order chi connectivity index (χ0) is 17.7. The molecule has 1 fully saturated rings. The smallest absolute Gasteiger partial charge is 0.335 e. The van der Waals surface area contributed by atoms with Gasteiger partial charge in [-0.2, -0.15) is 0 Å². The van der Waals surface area contributed by atoms with Crippen LogP contribution in [-0.4, -0.2) is 52.7 Å². The Morgan fingerprint density at radius 1 is 1.21 bits per heavy atom. The second-order valence-electron chi connectivity index (χ2n) is 4.69. The van der Waals surface area contributed by atoms with Crippen molar-refractivity contribution < 1.29 is 28.4 Å². The summed E-state index contributed by atoms with van der Waals surface area (Å²) in [4.78, 5) is 59.6. The molecule has 24 heavy (non-hydrogen) atoms. The quantitative estimate of drug-likeness (QED) is 0.413. The molecule has 0 aromatic carbocycles. The number of furan rings is 1. The number of nitrogens with one attached hydrogen (secondary N) is 2. The van der Waals surface area contributed by atoms with Gasteiger partial charge < -0.3 is 9.73 Å². The van der Waals surface area contributed by atoms with E-state index in [0.717, 1.165) is 0 Å². The highest BCUT2D eigenvalue weighted by molar-refractivity contribution is 6.45. The fourth-order valence-electron chi connectivity index (χ4n) is 1.91. The van der Waals surface area contributed by atoms with Crippen LogP contribution in [0.15, 0.2) is 35.5 Å². The molecular weight excluding hydrogens is 320 g/mol. The van der Waals surface area contributed by atoms with Crippen LogP contribution in [0.2, 0.25) is 0 Å². The van der Waals surface area contributed by atoms with Crippen LogP contribution in [0.4, 0.5) is 9.59 Å². The van der Waals surface area contributed by atoms with Gasteiger partial charge in [-0.3, -0.25) is 24.6 Å². The number of imide groups is 3. The largest absolute Gasteiger partial charge is 0.467 e. The average Bonchev–Trinajstić information content (AvgIpc) is 3.12. The number of carbonyl (C=O) groups is 5. The molecule has 0 unspecified atom stereocenters. The molecule has 0 radical (unpaired) electrons. The van der Waals surface area contributed by atoms with Gasteiger partial charge in [0.2, 0.25) is 5.91 Å². The third-order valence-electron chi connectivity index (χ3n) is 3.00. The summed E-state index contributed by atoms with van der Waals surface area (Å²) < 4.78 is 5.00. The van der Waals surface area contributed by atoms with Gasteiger partial charge in [-0.15, -0.1) is 6.58 Å². The first kappa shape index (κ1) is 16.9. The maximum absolute atomic E-state index is 11.9. The molecule has 2 heterocycles. The molecule has 1 aliphatic heterocycles. The molecule has 1 aliphatic rings. The van der Waals surface area contributed by atoms with E-state index in [1.165, 1.54) is 12.3 Å². The first-order valence-corrected chi connectivity index (χ1v) is 6.82. The van der Waals surface area contributed by atoms with Crippen LogP contribution in [-0.2, 0) is 20.9 Å². The molecule has 0 atom stereocenters. The monoisotopic (exact) mass is 334 g/mol. The molecule has 10 nitrogen and oxygen atoms in total. The highest BCUT2D eigenvalue weighted by Crippen LogP contribution is 2.11. The van der Waals surface area contributed by atoms with Crippen LogP contribution in [0.5, 0.6) is 0 Å². The Morgan fingerprint density at radius 3 is 2.54 bits per heavy atom. The standard InChI is InChI=1S/C14H14N4O6/c1-2-5-17-11(20)12(21)18(14(17)23)8-10(19)16-13(22)15-7-9-4-3-6-24-9/h2-4,6H,1,5,7-8H2,(H2,15,16,19,22). The van der Waals surface area contributed by atoms with Crippen molar-refractivity contribution in [3.63, 3.8) is 0 Å². The van der Waals surface area contributed by atoms with Crippen molar-refractivity contribution in [3.05, 3.63) is 36.8 Å². The third kappa shape index (κ3) is 3.66.